The van der Waals surface area contributed by atoms with Crippen LogP contribution in [0.5, 0.6) is 0 Å². The van der Waals surface area contributed by atoms with Gasteiger partial charge in [0.15, 0.2) is 0 Å². The molecule has 374 valence electrons. The van der Waals surface area contributed by atoms with Crippen molar-refractivity contribution in [2.24, 2.45) is 5.41 Å². The topological polar surface area (TPSA) is 64.6 Å². The lowest BCUT2D eigenvalue weighted by Gasteiger charge is -2.33. The molecule has 12 rings (SSSR count). The molecule has 12 aromatic rings. The smallest absolute Gasteiger partial charge is 0.407 e. The number of carbonyl (C=O) groups excluding carboxylic acids is 2. The molecule has 0 spiro atoms. The Balaban J connectivity index is 0.838. The van der Waals surface area contributed by atoms with Gasteiger partial charge < -0.3 is 14.8 Å². The summed E-state index contributed by atoms with van der Waals surface area (Å²) in [5, 5.41) is 10.5. The number of rotatable bonds is 18. The molecule has 3 aromatic heterocycles. The lowest BCUT2D eigenvalue weighted by atomic mass is 9.97. The third kappa shape index (κ3) is 10.5. The Kier molecular flexibility index (Phi) is 14.7. The van der Waals surface area contributed by atoms with E-state index < -0.39 is 17.5 Å². The molecule has 0 atom stereocenters. The zero-order valence-corrected chi connectivity index (χ0v) is 46.1. The van der Waals surface area contributed by atoms with Crippen LogP contribution in [0, 0.1) is 5.41 Å². The van der Waals surface area contributed by atoms with E-state index in [0.29, 0.717) is 17.3 Å². The number of hydrogen-bond donors (Lipinski definition) is 1. The van der Waals surface area contributed by atoms with E-state index in [4.69, 9.17) is 9.47 Å². The molecule has 0 unspecified atom stereocenters. The van der Waals surface area contributed by atoms with Crippen LogP contribution in [0.25, 0.3) is 93.9 Å². The molecule has 3 heterocycles. The van der Waals surface area contributed by atoms with Crippen LogP contribution in [0.3, 0.4) is 0 Å². The molecule has 76 heavy (non-hydrogen) atoms. The minimum atomic E-state index is -0.557. The second kappa shape index (κ2) is 22.4. The van der Waals surface area contributed by atoms with E-state index in [1.807, 2.05) is 34.0 Å². The second-order valence-electron chi connectivity index (χ2n) is 18.7. The molecule has 5 nitrogen and oxygen atoms in total. The number of hydrogen-bond acceptors (Lipinski definition) is 10. The number of fused-ring (bicyclic) bond motifs is 9. The first-order valence-electron chi connectivity index (χ1n) is 25.0. The van der Waals surface area contributed by atoms with Crippen molar-refractivity contribution >= 4 is 142 Å². The number of thioether (sulfide) groups is 3. The number of carbonyl (C=O) groups is 2. The maximum absolute atomic E-state index is 13.5. The summed E-state index contributed by atoms with van der Waals surface area (Å²) in [6.07, 6.45) is 0.552. The van der Waals surface area contributed by atoms with E-state index in [9.17, 15) is 9.59 Å². The van der Waals surface area contributed by atoms with Gasteiger partial charge in [-0.1, -0.05) is 152 Å². The number of alkyl carbamates (subject to hydrolysis) is 1. The normalized spacial score (nSPS) is 11.8. The molecule has 0 saturated heterocycles. The second-order valence-corrected chi connectivity index (χ2v) is 25.0. The van der Waals surface area contributed by atoms with Gasteiger partial charge in [-0.25, -0.2) is 9.59 Å². The largest absolute Gasteiger partial charge is 0.461 e. The summed E-state index contributed by atoms with van der Waals surface area (Å²) in [6.45, 7) is 3.77. The van der Waals surface area contributed by atoms with Gasteiger partial charge in [0.05, 0.1) is 6.54 Å². The molecule has 1 amide bonds. The Morgan fingerprint density at radius 3 is 1.17 bits per heavy atom. The lowest BCUT2D eigenvalue weighted by molar-refractivity contribution is -0.137. The van der Waals surface area contributed by atoms with Crippen molar-refractivity contribution in [2.45, 2.75) is 14.7 Å². The highest BCUT2D eigenvalue weighted by molar-refractivity contribution is 8.01. The van der Waals surface area contributed by atoms with Crippen molar-refractivity contribution in [1.29, 1.82) is 0 Å². The van der Waals surface area contributed by atoms with Crippen LogP contribution < -0.4 is 5.32 Å². The molecule has 0 radical (unpaired) electrons. The van der Waals surface area contributed by atoms with Crippen molar-refractivity contribution in [3.05, 3.63) is 213 Å². The van der Waals surface area contributed by atoms with Crippen LogP contribution in [-0.4, -0.2) is 49.1 Å². The van der Waals surface area contributed by atoms with E-state index >= 15 is 0 Å². The standard InChI is InChI=1S/C65H49NO4S6/c1-2-60(67)69-37-36-66-64(68)70-38-65(39-71-45-30-24-42(25-31-45)48-15-9-18-54-51-12-3-6-21-57(51)74-61(48)54,40-72-46-32-26-43(27-33-46)49-16-10-19-55-52-13-4-7-22-58(52)75-62(49)55)41-73-47-34-28-44(29-35-47)50-17-11-20-56-53-14-5-8-23-59(53)76-63(50)56/h2-35H,1,36-41H2,(H,66,68). The minimum Gasteiger partial charge on any atom is -0.461 e. The van der Waals surface area contributed by atoms with Gasteiger partial charge in [-0.05, 0) is 88.0 Å². The zero-order chi connectivity index (χ0) is 51.4. The van der Waals surface area contributed by atoms with Crippen molar-refractivity contribution in [1.82, 2.24) is 5.32 Å². The summed E-state index contributed by atoms with van der Waals surface area (Å²) in [7, 11) is 0. The average molecular weight is 1100 g/mol. The first-order chi connectivity index (χ1) is 37.4. The van der Waals surface area contributed by atoms with Crippen LogP contribution in [0.4, 0.5) is 4.79 Å². The highest BCUT2D eigenvalue weighted by atomic mass is 32.2. The predicted molar refractivity (Wildman–Crippen MR) is 329 cm³/mol. The van der Waals surface area contributed by atoms with Crippen molar-refractivity contribution < 1.29 is 19.1 Å². The van der Waals surface area contributed by atoms with Crippen LogP contribution in [0.1, 0.15) is 0 Å². The number of amides is 1. The van der Waals surface area contributed by atoms with Gasteiger partial charge in [0, 0.05) is 104 Å². The molecule has 0 aliphatic rings. The molecule has 9 aromatic carbocycles. The Morgan fingerprint density at radius 2 is 0.803 bits per heavy atom. The Hall–Kier alpha value is -6.83. The Morgan fingerprint density at radius 1 is 0.447 bits per heavy atom. The van der Waals surface area contributed by atoms with Crippen LogP contribution in [-0.2, 0) is 14.3 Å². The number of ether oxygens (including phenoxy) is 2. The molecule has 0 saturated carbocycles. The minimum absolute atomic E-state index is 0.0147. The van der Waals surface area contributed by atoms with E-state index in [1.165, 1.54) is 93.9 Å². The van der Waals surface area contributed by atoms with E-state index in [2.05, 4.69) is 212 Å². The third-order valence-electron chi connectivity index (χ3n) is 13.6. The van der Waals surface area contributed by atoms with Crippen LogP contribution >= 0.6 is 69.3 Å². The fraction of sp³-hybridized carbons (Fsp3) is 0.108. The van der Waals surface area contributed by atoms with Gasteiger partial charge in [-0.15, -0.1) is 69.3 Å². The first kappa shape index (κ1) is 50.0. The summed E-state index contributed by atoms with van der Waals surface area (Å²) in [6, 6.07) is 72.4. The number of benzene rings is 9. The summed E-state index contributed by atoms with van der Waals surface area (Å²) < 4.78 is 19.1. The molecule has 11 heteroatoms. The molecule has 0 aliphatic carbocycles. The van der Waals surface area contributed by atoms with Gasteiger partial charge in [0.25, 0.3) is 0 Å². The Labute approximate surface area is 466 Å². The van der Waals surface area contributed by atoms with Crippen molar-refractivity contribution in [2.75, 3.05) is 37.0 Å². The van der Waals surface area contributed by atoms with Gasteiger partial charge >= 0.3 is 12.1 Å². The van der Waals surface area contributed by atoms with Crippen LogP contribution in [0.2, 0.25) is 0 Å². The monoisotopic (exact) mass is 1100 g/mol. The summed E-state index contributed by atoms with van der Waals surface area (Å²) in [5.74, 6) is 1.50. The Bertz CT molecular complexity index is 3700. The van der Waals surface area contributed by atoms with Gasteiger partial charge in [0.2, 0.25) is 0 Å². The maximum Gasteiger partial charge on any atom is 0.407 e. The lowest BCUT2D eigenvalue weighted by Crippen LogP contribution is -2.39. The highest BCUT2D eigenvalue weighted by Gasteiger charge is 2.34. The third-order valence-corrected chi connectivity index (χ3v) is 21.4. The summed E-state index contributed by atoms with van der Waals surface area (Å²) >= 11 is 10.9. The molecule has 0 aliphatic heterocycles. The summed E-state index contributed by atoms with van der Waals surface area (Å²) in [4.78, 5) is 28.6. The average Bonchev–Trinajstić information content (AvgIpc) is 4.24. The van der Waals surface area contributed by atoms with Crippen molar-refractivity contribution in [3.63, 3.8) is 0 Å². The molecule has 1 N–H and O–H groups in total. The number of thiophene rings is 3. The fourth-order valence-electron chi connectivity index (χ4n) is 9.71. The van der Waals surface area contributed by atoms with E-state index in [0.717, 1.165) is 20.8 Å². The number of esters is 1. The predicted octanol–water partition coefficient (Wildman–Crippen LogP) is 18.9. The highest BCUT2D eigenvalue weighted by Crippen LogP contribution is 2.45. The van der Waals surface area contributed by atoms with Gasteiger partial charge in [0.1, 0.15) is 13.2 Å². The quantitative estimate of drug-likeness (QED) is 0.0397. The number of nitrogens with one attached hydrogen (secondary N) is 1. The molecular weight excluding hydrogens is 1050 g/mol. The first-order valence-corrected chi connectivity index (χ1v) is 30.4. The zero-order valence-electron chi connectivity index (χ0n) is 41.2. The SMILES string of the molecule is C=CC(=O)OCCNC(=O)OCC(CSc1ccc(-c2cccc3c2sc2ccccc23)cc1)(CSc1ccc(-c2cccc3c2sc2ccccc23)cc1)CSc1ccc(-c2cccc3c2sc2ccccc23)cc1. The van der Waals surface area contributed by atoms with E-state index in [1.54, 1.807) is 35.3 Å². The van der Waals surface area contributed by atoms with Gasteiger partial charge in [-0.3, -0.25) is 0 Å². The molecule has 0 fully saturated rings. The van der Waals surface area contributed by atoms with Crippen molar-refractivity contribution in [3.8, 4) is 33.4 Å². The molecular formula is C65H49NO4S6. The summed E-state index contributed by atoms with van der Waals surface area (Å²) in [5.41, 5.74) is 6.72. The van der Waals surface area contributed by atoms with Gasteiger partial charge in [-0.2, -0.15) is 0 Å². The maximum atomic E-state index is 13.5. The van der Waals surface area contributed by atoms with E-state index in [-0.39, 0.29) is 19.8 Å². The van der Waals surface area contributed by atoms with Crippen LogP contribution in [0.15, 0.2) is 228 Å². The fourth-order valence-corrected chi connectivity index (χ4v) is 17.1. The molecule has 0 bridgehead atoms.